The molecule has 2 atom stereocenters. The Labute approximate surface area is 331 Å². The lowest BCUT2D eigenvalue weighted by Gasteiger charge is -2.31. The lowest BCUT2D eigenvalue weighted by molar-refractivity contribution is -0.887. The van der Waals surface area contributed by atoms with Crippen molar-refractivity contribution in [2.75, 3.05) is 41.0 Å². The van der Waals surface area contributed by atoms with Gasteiger partial charge in [0.2, 0.25) is 0 Å². The molecule has 0 bridgehead atoms. The molecule has 312 valence electrons. The third-order valence-corrected chi connectivity index (χ3v) is 9.49. The highest BCUT2D eigenvalue weighted by Gasteiger charge is 2.31. The van der Waals surface area contributed by atoms with Gasteiger partial charge in [-0.05, 0) is 51.4 Å². The van der Waals surface area contributed by atoms with Gasteiger partial charge in [0.1, 0.15) is 6.61 Å². The Bertz CT molecular complexity index is 1030. The van der Waals surface area contributed by atoms with Crippen molar-refractivity contribution in [1.82, 2.24) is 0 Å². The molecule has 0 aliphatic heterocycles. The first-order valence-electron chi connectivity index (χ1n) is 21.7. The maximum atomic E-state index is 12.7. The van der Waals surface area contributed by atoms with Gasteiger partial charge in [-0.25, -0.2) is 4.79 Å². The molecule has 1 N–H and O–H groups in total. The van der Waals surface area contributed by atoms with Gasteiger partial charge in [0.25, 0.3) is 0 Å². The second-order valence-corrected chi connectivity index (χ2v) is 15.6. The van der Waals surface area contributed by atoms with Crippen LogP contribution in [0.3, 0.4) is 0 Å². The van der Waals surface area contributed by atoms with Crippen molar-refractivity contribution in [3.63, 3.8) is 0 Å². The van der Waals surface area contributed by atoms with Crippen LogP contribution in [-0.4, -0.2) is 80.6 Å². The van der Waals surface area contributed by atoms with E-state index in [9.17, 15) is 19.5 Å². The maximum Gasteiger partial charge on any atom is 0.362 e. The Morgan fingerprint density at radius 2 is 1.04 bits per heavy atom. The van der Waals surface area contributed by atoms with E-state index in [0.717, 1.165) is 64.2 Å². The minimum atomic E-state index is -0.877. The molecule has 0 aliphatic rings. The summed E-state index contributed by atoms with van der Waals surface area (Å²) in [6, 6.07) is -0.613. The minimum absolute atomic E-state index is 0.0524. The van der Waals surface area contributed by atoms with Crippen LogP contribution in [0, 0.1) is 0 Å². The Morgan fingerprint density at radius 3 is 1.54 bits per heavy atom. The summed E-state index contributed by atoms with van der Waals surface area (Å²) < 4.78 is 17.2. The second kappa shape index (κ2) is 37.2. The average Bonchev–Trinajstić information content (AvgIpc) is 3.12. The first kappa shape index (κ1) is 51.3. The fraction of sp³-hybridized carbons (Fsp3) is 0.761. The first-order valence-corrected chi connectivity index (χ1v) is 21.7. The van der Waals surface area contributed by atoms with E-state index >= 15 is 0 Å². The van der Waals surface area contributed by atoms with Gasteiger partial charge in [-0.15, -0.1) is 0 Å². The van der Waals surface area contributed by atoms with Gasteiger partial charge in [-0.1, -0.05) is 152 Å². The van der Waals surface area contributed by atoms with Gasteiger partial charge < -0.3 is 23.8 Å². The van der Waals surface area contributed by atoms with Gasteiger partial charge in [0.05, 0.1) is 34.4 Å². The predicted octanol–water partition coefficient (Wildman–Crippen LogP) is 11.6. The fourth-order valence-corrected chi connectivity index (χ4v) is 6.14. The van der Waals surface area contributed by atoms with E-state index in [0.29, 0.717) is 19.3 Å². The highest BCUT2D eigenvalue weighted by Crippen LogP contribution is 2.14. The van der Waals surface area contributed by atoms with Gasteiger partial charge in [0, 0.05) is 19.3 Å². The summed E-state index contributed by atoms with van der Waals surface area (Å²) in [6.07, 6.45) is 43.1. The number of likely N-dealkylation sites (N-methyl/N-ethyl adjacent to an activating group) is 1. The zero-order valence-electron chi connectivity index (χ0n) is 35.4. The number of carbonyl (C=O) groups excluding carboxylic acids is 2. The number of nitrogens with zero attached hydrogens (tertiary/aromatic N) is 1. The van der Waals surface area contributed by atoms with Crippen LogP contribution in [0.25, 0.3) is 0 Å². The molecular weight excluding hydrogens is 679 g/mol. The van der Waals surface area contributed by atoms with E-state index in [1.165, 1.54) is 77.0 Å². The number of unbranched alkanes of at least 4 members (excludes halogenated alkanes) is 16. The lowest BCUT2D eigenvalue weighted by atomic mass is 10.0. The highest BCUT2D eigenvalue weighted by atomic mass is 16.6. The zero-order chi connectivity index (χ0) is 40.0. The van der Waals surface area contributed by atoms with Crippen LogP contribution in [0.1, 0.15) is 174 Å². The molecule has 8 nitrogen and oxygen atoms in total. The van der Waals surface area contributed by atoms with Crippen LogP contribution >= 0.6 is 0 Å². The molecule has 2 unspecified atom stereocenters. The molecule has 0 rings (SSSR count). The molecule has 0 heterocycles. The number of hydrogen-bond acceptors (Lipinski definition) is 6. The van der Waals surface area contributed by atoms with Crippen molar-refractivity contribution >= 4 is 17.9 Å². The van der Waals surface area contributed by atoms with Crippen molar-refractivity contribution < 1.29 is 38.2 Å². The number of carboxylic acid groups (broad SMARTS) is 1. The molecule has 0 spiro atoms. The van der Waals surface area contributed by atoms with Crippen molar-refractivity contribution in [2.45, 2.75) is 187 Å². The van der Waals surface area contributed by atoms with E-state index in [-0.39, 0.29) is 36.2 Å². The molecule has 0 saturated carbocycles. The minimum Gasteiger partial charge on any atom is -0.477 e. The molecule has 8 heteroatoms. The molecule has 0 fully saturated rings. The van der Waals surface area contributed by atoms with E-state index in [1.54, 1.807) is 0 Å². The zero-order valence-corrected chi connectivity index (χ0v) is 35.4. The summed E-state index contributed by atoms with van der Waals surface area (Å²) in [7, 11) is 5.52. The number of quaternary nitrogens is 1. The first-order chi connectivity index (χ1) is 26.1. The number of esters is 2. The van der Waals surface area contributed by atoms with Gasteiger partial charge in [-0.2, -0.15) is 0 Å². The number of aliphatic carboxylic acids is 1. The molecule has 0 aliphatic carbocycles. The van der Waals surface area contributed by atoms with Crippen molar-refractivity contribution in [3.8, 4) is 0 Å². The summed E-state index contributed by atoms with van der Waals surface area (Å²) >= 11 is 0. The molecule has 54 heavy (non-hydrogen) atoms. The Kier molecular flexibility index (Phi) is 35.4. The number of carboxylic acids is 1. The molecule has 0 aromatic carbocycles. The Balaban J connectivity index is 4.19. The van der Waals surface area contributed by atoms with Gasteiger partial charge in [0.15, 0.2) is 12.1 Å². The normalized spacial score (nSPS) is 13.4. The maximum absolute atomic E-state index is 12.7. The van der Waals surface area contributed by atoms with Crippen LogP contribution in [0.15, 0.2) is 48.6 Å². The number of carbonyl (C=O) groups is 3. The van der Waals surface area contributed by atoms with Gasteiger partial charge in [-0.3, -0.25) is 9.59 Å². The Morgan fingerprint density at radius 1 is 0.574 bits per heavy atom. The molecule has 0 amide bonds. The Hall–Kier alpha value is -2.71. The second-order valence-electron chi connectivity index (χ2n) is 15.6. The monoisotopic (exact) mass is 761 g/mol. The number of allylic oxidation sites excluding steroid dienone is 8. The quantitative estimate of drug-likeness (QED) is 0.0289. The predicted molar refractivity (Wildman–Crippen MR) is 224 cm³/mol. The van der Waals surface area contributed by atoms with Crippen molar-refractivity contribution in [3.05, 3.63) is 48.6 Å². The van der Waals surface area contributed by atoms with E-state index in [1.807, 2.05) is 21.1 Å². The average molecular weight is 761 g/mol. The summed E-state index contributed by atoms with van der Waals surface area (Å²) in [4.78, 5) is 36.8. The summed E-state index contributed by atoms with van der Waals surface area (Å²) in [5, 5.41) is 9.59. The van der Waals surface area contributed by atoms with E-state index in [4.69, 9.17) is 14.2 Å². The largest absolute Gasteiger partial charge is 0.477 e. The molecule has 0 aromatic rings. The van der Waals surface area contributed by atoms with Crippen molar-refractivity contribution in [1.29, 1.82) is 0 Å². The van der Waals surface area contributed by atoms with Crippen LogP contribution < -0.4 is 0 Å². The van der Waals surface area contributed by atoms with Crippen LogP contribution in [0.5, 0.6) is 0 Å². The van der Waals surface area contributed by atoms with Crippen molar-refractivity contribution in [2.24, 2.45) is 0 Å². The standard InChI is InChI=1S/C46H81NO7/c1-6-8-10-12-14-15-16-17-18-19-20-21-22-23-24-25-26-27-28-29-31-33-35-37-45(49)54-42(40-52-39-38-43(46(50)51)47(3,4)5)41-53-44(48)36-34-32-30-13-11-9-7-2/h8,10,14-15,17-18,20-21,42-43H,6-7,9,11-13,16,19,22-41H2,1-5H3/p+1/b10-8+,15-14+,18-17+,21-20+. The molecule has 0 aromatic heterocycles. The molecular formula is C46H82NO7+. The third-order valence-electron chi connectivity index (χ3n) is 9.49. The summed E-state index contributed by atoms with van der Waals surface area (Å²) in [6.45, 7) is 4.57. The van der Waals surface area contributed by atoms with Crippen LogP contribution in [0.4, 0.5) is 0 Å². The van der Waals surface area contributed by atoms with E-state index < -0.39 is 18.1 Å². The summed E-state index contributed by atoms with van der Waals surface area (Å²) in [5.74, 6) is -1.48. The topological polar surface area (TPSA) is 99.1 Å². The molecule has 0 saturated heterocycles. The SMILES string of the molecule is CC/C=C/C/C=C/C/C=C/C/C=C/CCCCCCCCCCCCC(=O)OC(COCCC(C(=O)O)[N+](C)(C)C)COC(=O)CCCCCCCCC. The third kappa shape index (κ3) is 35.0. The fourth-order valence-electron chi connectivity index (χ4n) is 6.14. The highest BCUT2D eigenvalue weighted by molar-refractivity contribution is 5.72. The number of ether oxygens (including phenoxy) is 3. The van der Waals surface area contributed by atoms with Crippen LogP contribution in [0.2, 0.25) is 0 Å². The van der Waals surface area contributed by atoms with Gasteiger partial charge >= 0.3 is 17.9 Å². The number of hydrogen-bond donors (Lipinski definition) is 1. The van der Waals surface area contributed by atoms with E-state index in [2.05, 4.69) is 62.5 Å². The lowest BCUT2D eigenvalue weighted by Crippen LogP contribution is -2.50. The summed E-state index contributed by atoms with van der Waals surface area (Å²) in [5.41, 5.74) is 0. The smallest absolute Gasteiger partial charge is 0.362 e. The molecule has 0 radical (unpaired) electrons. The number of rotatable bonds is 38. The van der Waals surface area contributed by atoms with Crippen LogP contribution in [-0.2, 0) is 28.6 Å².